The zero-order valence-electron chi connectivity index (χ0n) is 7.38. The molecule has 1 aliphatic heterocycles. The van der Waals surface area contributed by atoms with E-state index in [1.54, 1.807) is 0 Å². The van der Waals surface area contributed by atoms with Crippen LogP contribution in [-0.4, -0.2) is 30.3 Å². The van der Waals surface area contributed by atoms with Gasteiger partial charge in [0, 0.05) is 13.1 Å². The fraction of sp³-hybridized carbons (Fsp3) is 0.889. The molecule has 0 bridgehead atoms. The lowest BCUT2D eigenvalue weighted by molar-refractivity contribution is -0.142. The number of amides is 1. The zero-order valence-corrected chi connectivity index (χ0v) is 7.38. The number of hydrogen-bond acceptors (Lipinski definition) is 1. The van der Waals surface area contributed by atoms with Crippen LogP contribution in [0.25, 0.3) is 0 Å². The van der Waals surface area contributed by atoms with Crippen LogP contribution in [0.15, 0.2) is 0 Å². The van der Waals surface area contributed by atoms with E-state index in [1.807, 2.05) is 0 Å². The quantitative estimate of drug-likeness (QED) is 0.612. The summed E-state index contributed by atoms with van der Waals surface area (Å²) >= 11 is 0. The molecule has 4 heteroatoms. The summed E-state index contributed by atoms with van der Waals surface area (Å²) in [5, 5.41) is 0. The van der Waals surface area contributed by atoms with Crippen molar-refractivity contribution in [3.63, 3.8) is 0 Å². The Labute approximate surface area is 75.9 Å². The van der Waals surface area contributed by atoms with E-state index in [9.17, 15) is 13.6 Å². The van der Waals surface area contributed by atoms with Crippen molar-refractivity contribution in [2.24, 2.45) is 11.8 Å². The first-order valence-electron chi connectivity index (χ1n) is 4.75. The van der Waals surface area contributed by atoms with Crippen LogP contribution in [0.4, 0.5) is 8.78 Å². The molecule has 0 spiro atoms. The third kappa shape index (κ3) is 1.54. The molecule has 0 radical (unpaired) electrons. The fourth-order valence-electron chi connectivity index (χ4n) is 2.55. The number of halogens is 2. The molecule has 2 unspecified atom stereocenters. The molecule has 2 fully saturated rings. The third-order valence-electron chi connectivity index (χ3n) is 3.22. The van der Waals surface area contributed by atoms with Crippen LogP contribution in [0, 0.1) is 11.8 Å². The third-order valence-corrected chi connectivity index (χ3v) is 3.22. The summed E-state index contributed by atoms with van der Waals surface area (Å²) in [7, 11) is 0. The number of alkyl halides is 2. The number of rotatable bonds is 1. The van der Waals surface area contributed by atoms with Crippen molar-refractivity contribution < 1.29 is 13.6 Å². The maximum absolute atomic E-state index is 12.1. The molecule has 2 aliphatic rings. The number of likely N-dealkylation sites (tertiary alicyclic amines) is 1. The number of nitrogens with zero attached hydrogens (tertiary/aromatic N) is 1. The Morgan fingerprint density at radius 2 is 1.77 bits per heavy atom. The van der Waals surface area contributed by atoms with Crippen molar-refractivity contribution in [3.05, 3.63) is 0 Å². The molecule has 74 valence electrons. The summed E-state index contributed by atoms with van der Waals surface area (Å²) in [6, 6.07) is 0. The molecular weight excluding hydrogens is 176 g/mol. The van der Waals surface area contributed by atoms with Gasteiger partial charge in [-0.1, -0.05) is 6.42 Å². The first kappa shape index (κ1) is 8.91. The molecule has 2 rings (SSSR count). The maximum atomic E-state index is 12.1. The van der Waals surface area contributed by atoms with Crippen LogP contribution < -0.4 is 0 Å². The van der Waals surface area contributed by atoms with Crippen LogP contribution in [-0.2, 0) is 4.79 Å². The van der Waals surface area contributed by atoms with E-state index in [0.717, 1.165) is 12.8 Å². The summed E-state index contributed by atoms with van der Waals surface area (Å²) in [6.45, 7) is 1.13. The number of carbonyl (C=O) groups is 1. The van der Waals surface area contributed by atoms with Gasteiger partial charge in [-0.15, -0.1) is 0 Å². The van der Waals surface area contributed by atoms with E-state index in [0.29, 0.717) is 24.9 Å². The van der Waals surface area contributed by atoms with Gasteiger partial charge in [-0.25, -0.2) is 0 Å². The predicted molar refractivity (Wildman–Crippen MR) is 43.4 cm³/mol. The molecule has 1 saturated heterocycles. The Balaban J connectivity index is 1.95. The highest BCUT2D eigenvalue weighted by Crippen LogP contribution is 2.37. The summed E-state index contributed by atoms with van der Waals surface area (Å²) in [5.74, 6) is 0.0276. The second-order valence-electron chi connectivity index (χ2n) is 3.99. The van der Waals surface area contributed by atoms with Gasteiger partial charge in [-0.05, 0) is 24.7 Å². The first-order chi connectivity index (χ1) is 6.18. The second kappa shape index (κ2) is 3.24. The first-order valence-corrected chi connectivity index (χ1v) is 4.75. The average molecular weight is 189 g/mol. The highest BCUT2D eigenvalue weighted by molar-refractivity contribution is 5.79. The smallest absolute Gasteiger partial charge is 0.315 e. The lowest BCUT2D eigenvalue weighted by Crippen LogP contribution is -2.34. The molecule has 2 nitrogen and oxygen atoms in total. The van der Waals surface area contributed by atoms with Crippen molar-refractivity contribution in [1.82, 2.24) is 4.90 Å². The molecule has 0 N–H and O–H groups in total. The van der Waals surface area contributed by atoms with Gasteiger partial charge >= 0.3 is 6.43 Å². The van der Waals surface area contributed by atoms with E-state index >= 15 is 0 Å². The van der Waals surface area contributed by atoms with Gasteiger partial charge in [0.25, 0.3) is 5.91 Å². The average Bonchev–Trinajstić information content (AvgIpc) is 2.59. The Morgan fingerprint density at radius 1 is 1.23 bits per heavy atom. The van der Waals surface area contributed by atoms with E-state index < -0.39 is 12.3 Å². The van der Waals surface area contributed by atoms with Gasteiger partial charge in [-0.2, -0.15) is 8.78 Å². The molecule has 1 amide bonds. The number of hydrogen-bond donors (Lipinski definition) is 0. The second-order valence-corrected chi connectivity index (χ2v) is 3.99. The van der Waals surface area contributed by atoms with Gasteiger partial charge in [0.15, 0.2) is 0 Å². The van der Waals surface area contributed by atoms with Crippen molar-refractivity contribution >= 4 is 5.91 Å². The highest BCUT2D eigenvalue weighted by atomic mass is 19.3. The fourth-order valence-corrected chi connectivity index (χ4v) is 2.55. The Bertz CT molecular complexity index is 208. The van der Waals surface area contributed by atoms with Crippen molar-refractivity contribution in [2.45, 2.75) is 25.7 Å². The lowest BCUT2D eigenvalue weighted by Gasteiger charge is -2.16. The minimum absolute atomic E-state index is 0.502. The largest absolute Gasteiger partial charge is 0.337 e. The summed E-state index contributed by atoms with van der Waals surface area (Å²) in [5.41, 5.74) is 0. The highest BCUT2D eigenvalue weighted by Gasteiger charge is 2.39. The van der Waals surface area contributed by atoms with Gasteiger partial charge in [0.2, 0.25) is 0 Å². The molecule has 13 heavy (non-hydrogen) atoms. The van der Waals surface area contributed by atoms with Gasteiger partial charge < -0.3 is 4.90 Å². The maximum Gasteiger partial charge on any atom is 0.315 e. The van der Waals surface area contributed by atoms with Crippen LogP contribution in [0.2, 0.25) is 0 Å². The standard InChI is InChI=1S/C9H13F2NO/c10-8(11)9(13)12-4-6-2-1-3-7(6)5-12/h6-8H,1-5H2. The van der Waals surface area contributed by atoms with Gasteiger partial charge in [0.05, 0.1) is 0 Å². The van der Waals surface area contributed by atoms with E-state index in [1.165, 1.54) is 11.3 Å². The summed E-state index contributed by atoms with van der Waals surface area (Å²) < 4.78 is 24.1. The van der Waals surface area contributed by atoms with Crippen LogP contribution in [0.3, 0.4) is 0 Å². The summed E-state index contributed by atoms with van der Waals surface area (Å²) in [4.78, 5) is 12.3. The molecule has 2 atom stereocenters. The molecule has 0 aromatic carbocycles. The van der Waals surface area contributed by atoms with Gasteiger partial charge in [0.1, 0.15) is 0 Å². The lowest BCUT2D eigenvalue weighted by atomic mass is 10.0. The molecular formula is C9H13F2NO. The minimum Gasteiger partial charge on any atom is -0.337 e. The van der Waals surface area contributed by atoms with E-state index in [2.05, 4.69) is 0 Å². The zero-order chi connectivity index (χ0) is 9.42. The number of carbonyl (C=O) groups excluding carboxylic acids is 1. The molecule has 1 aliphatic carbocycles. The van der Waals surface area contributed by atoms with Crippen LogP contribution in [0.1, 0.15) is 19.3 Å². The molecule has 1 saturated carbocycles. The van der Waals surface area contributed by atoms with E-state index in [-0.39, 0.29) is 0 Å². The van der Waals surface area contributed by atoms with Crippen LogP contribution >= 0.6 is 0 Å². The molecule has 1 heterocycles. The molecule has 0 aromatic heterocycles. The van der Waals surface area contributed by atoms with Crippen LogP contribution in [0.5, 0.6) is 0 Å². The van der Waals surface area contributed by atoms with Crippen molar-refractivity contribution in [3.8, 4) is 0 Å². The minimum atomic E-state index is -2.82. The SMILES string of the molecule is O=C(C(F)F)N1CC2CCCC2C1. The van der Waals surface area contributed by atoms with Crippen molar-refractivity contribution in [1.29, 1.82) is 0 Å². The predicted octanol–water partition coefficient (Wildman–Crippen LogP) is 1.51. The molecule has 0 aromatic rings. The monoisotopic (exact) mass is 189 g/mol. The van der Waals surface area contributed by atoms with Gasteiger partial charge in [-0.3, -0.25) is 4.79 Å². The Kier molecular flexibility index (Phi) is 2.22. The Morgan fingerprint density at radius 3 is 2.23 bits per heavy atom. The normalized spacial score (nSPS) is 32.7. The number of fused-ring (bicyclic) bond motifs is 1. The van der Waals surface area contributed by atoms with Crippen molar-refractivity contribution in [2.75, 3.05) is 13.1 Å². The topological polar surface area (TPSA) is 20.3 Å². The Hall–Kier alpha value is -0.670. The summed E-state index contributed by atoms with van der Waals surface area (Å²) in [6.07, 6.45) is 0.598. The van der Waals surface area contributed by atoms with E-state index in [4.69, 9.17) is 0 Å².